The first-order chi connectivity index (χ1) is 13.0. The van der Waals surface area contributed by atoms with E-state index in [1.807, 2.05) is 41.3 Å². The van der Waals surface area contributed by atoms with Gasteiger partial charge in [-0.15, -0.1) is 0 Å². The monoisotopic (exact) mass is 365 g/mol. The van der Waals surface area contributed by atoms with E-state index >= 15 is 0 Å². The standard InChI is InChI=1S/C22H27N3O2/c1-16-14-20(17(2)25(16)19-8-9-19)21(26)15-23-10-12-24(13-11-23)22(27)18-6-4-3-5-7-18/h3-7,14,19H,8-13,15H2,1-2H3. The summed E-state index contributed by atoms with van der Waals surface area (Å²) in [6, 6.07) is 12.0. The number of hydrogen-bond acceptors (Lipinski definition) is 3. The Morgan fingerprint density at radius 1 is 1.00 bits per heavy atom. The predicted octanol–water partition coefficient (Wildman–Crippen LogP) is 3.08. The van der Waals surface area contributed by atoms with Crippen LogP contribution in [0.4, 0.5) is 0 Å². The van der Waals surface area contributed by atoms with E-state index in [2.05, 4.69) is 23.3 Å². The average molecular weight is 365 g/mol. The number of amides is 1. The van der Waals surface area contributed by atoms with Gasteiger partial charge in [-0.05, 0) is 44.9 Å². The van der Waals surface area contributed by atoms with Crippen LogP contribution < -0.4 is 0 Å². The number of aryl methyl sites for hydroxylation is 1. The Morgan fingerprint density at radius 3 is 2.30 bits per heavy atom. The molecule has 1 amide bonds. The average Bonchev–Trinajstić information content (AvgIpc) is 3.47. The van der Waals surface area contributed by atoms with Crippen LogP contribution in [0, 0.1) is 13.8 Å². The lowest BCUT2D eigenvalue weighted by molar-refractivity contribution is 0.0624. The summed E-state index contributed by atoms with van der Waals surface area (Å²) in [5, 5.41) is 0. The van der Waals surface area contributed by atoms with E-state index in [1.165, 1.54) is 18.5 Å². The highest BCUT2D eigenvalue weighted by Crippen LogP contribution is 2.38. The molecule has 2 aromatic rings. The molecule has 0 bridgehead atoms. The highest BCUT2D eigenvalue weighted by atomic mass is 16.2. The molecule has 0 spiro atoms. The minimum atomic E-state index is 0.0783. The largest absolute Gasteiger partial charge is 0.345 e. The molecule has 5 nitrogen and oxygen atoms in total. The molecule has 0 unspecified atom stereocenters. The van der Waals surface area contributed by atoms with Gasteiger partial charge in [-0.25, -0.2) is 0 Å². The zero-order valence-corrected chi connectivity index (χ0v) is 16.1. The zero-order valence-electron chi connectivity index (χ0n) is 16.1. The topological polar surface area (TPSA) is 45.6 Å². The van der Waals surface area contributed by atoms with E-state index in [1.54, 1.807) is 0 Å². The van der Waals surface area contributed by atoms with Crippen molar-refractivity contribution >= 4 is 11.7 Å². The SMILES string of the molecule is Cc1cc(C(=O)CN2CCN(C(=O)c3ccccc3)CC2)c(C)n1C1CC1. The van der Waals surface area contributed by atoms with Crippen LogP contribution in [-0.2, 0) is 0 Å². The third-order valence-corrected chi connectivity index (χ3v) is 5.74. The number of carbonyl (C=O) groups excluding carboxylic acids is 2. The molecule has 1 aliphatic heterocycles. The number of Topliss-reactive ketones (excluding diaryl/α,β-unsaturated/α-hetero) is 1. The van der Waals surface area contributed by atoms with Gasteiger partial charge in [0, 0.05) is 54.7 Å². The third kappa shape index (κ3) is 3.69. The van der Waals surface area contributed by atoms with Crippen molar-refractivity contribution in [2.75, 3.05) is 32.7 Å². The second-order valence-corrected chi connectivity index (χ2v) is 7.74. The molecule has 1 aliphatic carbocycles. The molecule has 1 aromatic heterocycles. The van der Waals surface area contributed by atoms with Crippen LogP contribution in [0.25, 0.3) is 0 Å². The molecule has 2 heterocycles. The van der Waals surface area contributed by atoms with Gasteiger partial charge in [0.1, 0.15) is 0 Å². The summed E-state index contributed by atoms with van der Waals surface area (Å²) in [5.41, 5.74) is 3.89. The third-order valence-electron chi connectivity index (χ3n) is 5.74. The summed E-state index contributed by atoms with van der Waals surface area (Å²) in [6.45, 7) is 7.41. The fourth-order valence-electron chi connectivity index (χ4n) is 4.11. The maximum absolute atomic E-state index is 12.8. The number of hydrogen-bond donors (Lipinski definition) is 0. The van der Waals surface area contributed by atoms with Crippen molar-refractivity contribution in [1.82, 2.24) is 14.4 Å². The van der Waals surface area contributed by atoms with Gasteiger partial charge in [0.2, 0.25) is 0 Å². The van der Waals surface area contributed by atoms with Crippen molar-refractivity contribution in [2.24, 2.45) is 0 Å². The molecule has 1 aromatic carbocycles. The van der Waals surface area contributed by atoms with Crippen molar-refractivity contribution < 1.29 is 9.59 Å². The van der Waals surface area contributed by atoms with E-state index in [4.69, 9.17) is 0 Å². The molecule has 2 aliphatic rings. The van der Waals surface area contributed by atoms with Crippen molar-refractivity contribution in [3.63, 3.8) is 0 Å². The summed E-state index contributed by atoms with van der Waals surface area (Å²) in [5.74, 6) is 0.271. The first-order valence-electron chi connectivity index (χ1n) is 9.83. The highest BCUT2D eigenvalue weighted by molar-refractivity contribution is 5.99. The van der Waals surface area contributed by atoms with E-state index < -0.39 is 0 Å². The normalized spacial score (nSPS) is 17.9. The summed E-state index contributed by atoms with van der Waals surface area (Å²) >= 11 is 0. The maximum atomic E-state index is 12.8. The van der Waals surface area contributed by atoms with Crippen molar-refractivity contribution in [1.29, 1.82) is 0 Å². The number of piperazine rings is 1. The molecular weight excluding hydrogens is 338 g/mol. The lowest BCUT2D eigenvalue weighted by atomic mass is 10.1. The molecular formula is C22H27N3O2. The number of benzene rings is 1. The quantitative estimate of drug-likeness (QED) is 0.765. The van der Waals surface area contributed by atoms with E-state index in [0.29, 0.717) is 25.7 Å². The molecule has 2 fully saturated rings. The Labute approximate surface area is 160 Å². The molecule has 0 atom stereocenters. The lowest BCUT2D eigenvalue weighted by Gasteiger charge is -2.34. The predicted molar refractivity (Wildman–Crippen MR) is 105 cm³/mol. The Kier molecular flexibility index (Phi) is 4.87. The lowest BCUT2D eigenvalue weighted by Crippen LogP contribution is -2.49. The number of ketones is 1. The number of nitrogens with zero attached hydrogens (tertiary/aromatic N) is 3. The van der Waals surface area contributed by atoms with Gasteiger partial charge < -0.3 is 9.47 Å². The molecule has 0 N–H and O–H groups in total. The van der Waals surface area contributed by atoms with Crippen LogP contribution in [0.1, 0.15) is 51.0 Å². The molecule has 4 rings (SSSR count). The minimum absolute atomic E-state index is 0.0783. The van der Waals surface area contributed by atoms with E-state index in [0.717, 1.165) is 29.9 Å². The first kappa shape index (κ1) is 18.0. The first-order valence-corrected chi connectivity index (χ1v) is 9.83. The van der Waals surface area contributed by atoms with Gasteiger partial charge in [-0.3, -0.25) is 14.5 Å². The van der Waals surface area contributed by atoms with Crippen LogP contribution in [0.5, 0.6) is 0 Å². The Balaban J connectivity index is 1.35. The van der Waals surface area contributed by atoms with Crippen molar-refractivity contribution in [3.05, 3.63) is 58.9 Å². The summed E-state index contributed by atoms with van der Waals surface area (Å²) in [7, 11) is 0. The van der Waals surface area contributed by atoms with Gasteiger partial charge in [-0.1, -0.05) is 18.2 Å². The van der Waals surface area contributed by atoms with Crippen molar-refractivity contribution in [2.45, 2.75) is 32.7 Å². The summed E-state index contributed by atoms with van der Waals surface area (Å²) in [4.78, 5) is 29.4. The van der Waals surface area contributed by atoms with Gasteiger partial charge in [0.05, 0.1) is 6.54 Å². The van der Waals surface area contributed by atoms with Gasteiger partial charge in [-0.2, -0.15) is 0 Å². The second-order valence-electron chi connectivity index (χ2n) is 7.74. The van der Waals surface area contributed by atoms with E-state index in [-0.39, 0.29) is 11.7 Å². The molecule has 1 saturated heterocycles. The molecule has 142 valence electrons. The maximum Gasteiger partial charge on any atom is 0.253 e. The Hall–Kier alpha value is -2.40. The molecule has 1 saturated carbocycles. The van der Waals surface area contributed by atoms with Crippen LogP contribution in [0.3, 0.4) is 0 Å². The molecule has 5 heteroatoms. The van der Waals surface area contributed by atoms with Gasteiger partial charge >= 0.3 is 0 Å². The van der Waals surface area contributed by atoms with Crippen LogP contribution in [0.15, 0.2) is 36.4 Å². The highest BCUT2D eigenvalue weighted by Gasteiger charge is 2.29. The molecule has 0 radical (unpaired) electrons. The summed E-state index contributed by atoms with van der Waals surface area (Å²) in [6.07, 6.45) is 2.45. The fourth-order valence-corrected chi connectivity index (χ4v) is 4.11. The summed E-state index contributed by atoms with van der Waals surface area (Å²) < 4.78 is 2.32. The van der Waals surface area contributed by atoms with Gasteiger partial charge in [0.25, 0.3) is 5.91 Å². The number of carbonyl (C=O) groups is 2. The van der Waals surface area contributed by atoms with Crippen LogP contribution in [0.2, 0.25) is 0 Å². The van der Waals surface area contributed by atoms with Crippen LogP contribution in [-0.4, -0.2) is 58.8 Å². The fraction of sp³-hybridized carbons (Fsp3) is 0.455. The smallest absolute Gasteiger partial charge is 0.253 e. The Morgan fingerprint density at radius 2 is 1.67 bits per heavy atom. The molecule has 27 heavy (non-hydrogen) atoms. The second kappa shape index (κ2) is 7.31. The minimum Gasteiger partial charge on any atom is -0.345 e. The van der Waals surface area contributed by atoms with E-state index in [9.17, 15) is 9.59 Å². The Bertz CT molecular complexity index is 844. The van der Waals surface area contributed by atoms with Crippen molar-refractivity contribution in [3.8, 4) is 0 Å². The number of rotatable bonds is 5. The zero-order chi connectivity index (χ0) is 19.0. The van der Waals surface area contributed by atoms with Crippen LogP contribution >= 0.6 is 0 Å². The van der Waals surface area contributed by atoms with Gasteiger partial charge in [0.15, 0.2) is 5.78 Å². The number of aromatic nitrogens is 1.